The monoisotopic (exact) mass is 377 g/mol. The van der Waals surface area contributed by atoms with Gasteiger partial charge in [0.1, 0.15) is 5.75 Å². The Kier molecular flexibility index (Phi) is 6.29. The van der Waals surface area contributed by atoms with E-state index in [-0.39, 0.29) is 24.0 Å². The van der Waals surface area contributed by atoms with E-state index in [0.717, 1.165) is 36.3 Å². The Morgan fingerprint density at radius 3 is 3.00 bits per heavy atom. The average Bonchev–Trinajstić information content (AvgIpc) is 3.18. The van der Waals surface area contributed by atoms with Gasteiger partial charge in [0.25, 0.3) is 0 Å². The molecule has 0 saturated carbocycles. The number of nitrogens with one attached hydrogen (secondary N) is 2. The standard InChI is InChI=1S/C19H27N3O3S/c1-22(11-13-6-5-7-14(10-13)25-2)17(23)9-4-3-8-16-18-15(12-26-16)20-19(24)21-18/h5-7,10,15-16,18H,3-4,8-9,11-12H2,1-2H3,(H2,20,21,24). The molecule has 26 heavy (non-hydrogen) atoms. The van der Waals surface area contributed by atoms with Gasteiger partial charge in [-0.1, -0.05) is 18.6 Å². The van der Waals surface area contributed by atoms with E-state index >= 15 is 0 Å². The molecule has 0 radical (unpaired) electrons. The molecule has 6 nitrogen and oxygen atoms in total. The number of thioether (sulfide) groups is 1. The fourth-order valence-electron chi connectivity index (χ4n) is 3.59. The number of amides is 3. The summed E-state index contributed by atoms with van der Waals surface area (Å²) in [4.78, 5) is 25.5. The first-order chi connectivity index (χ1) is 12.6. The second-order valence-corrected chi connectivity index (χ2v) is 8.24. The summed E-state index contributed by atoms with van der Waals surface area (Å²) < 4.78 is 5.23. The van der Waals surface area contributed by atoms with Crippen LogP contribution >= 0.6 is 11.8 Å². The third-order valence-corrected chi connectivity index (χ3v) is 6.56. The Labute approximate surface area is 159 Å². The van der Waals surface area contributed by atoms with E-state index in [0.29, 0.717) is 18.2 Å². The number of carbonyl (C=O) groups is 2. The molecule has 2 heterocycles. The maximum absolute atomic E-state index is 12.3. The minimum atomic E-state index is -0.0420. The van der Waals surface area contributed by atoms with E-state index in [4.69, 9.17) is 4.74 Å². The number of hydrogen-bond acceptors (Lipinski definition) is 4. The molecule has 0 aromatic heterocycles. The first-order valence-corrected chi connectivity index (χ1v) is 10.2. The summed E-state index contributed by atoms with van der Waals surface area (Å²) >= 11 is 1.92. The Morgan fingerprint density at radius 1 is 1.35 bits per heavy atom. The third-order valence-electron chi connectivity index (χ3n) is 5.05. The van der Waals surface area contributed by atoms with Crippen molar-refractivity contribution in [1.29, 1.82) is 0 Å². The SMILES string of the molecule is COc1cccc(CN(C)C(=O)CCCCC2SCC3NC(=O)NC32)c1. The van der Waals surface area contributed by atoms with Crippen LogP contribution in [0.1, 0.15) is 31.2 Å². The Bertz CT molecular complexity index is 655. The number of benzene rings is 1. The van der Waals surface area contributed by atoms with Gasteiger partial charge in [0.15, 0.2) is 0 Å². The van der Waals surface area contributed by atoms with Crippen LogP contribution in [0.3, 0.4) is 0 Å². The largest absolute Gasteiger partial charge is 0.497 e. The normalized spacial score (nSPS) is 23.9. The van der Waals surface area contributed by atoms with Gasteiger partial charge in [-0.25, -0.2) is 4.79 Å². The number of methoxy groups -OCH3 is 1. The lowest BCUT2D eigenvalue weighted by atomic mass is 10.0. The molecule has 7 heteroatoms. The topological polar surface area (TPSA) is 70.7 Å². The van der Waals surface area contributed by atoms with Crippen molar-refractivity contribution in [2.45, 2.75) is 49.6 Å². The van der Waals surface area contributed by atoms with Crippen LogP contribution < -0.4 is 15.4 Å². The lowest BCUT2D eigenvalue weighted by Crippen LogP contribution is -2.36. The summed E-state index contributed by atoms with van der Waals surface area (Å²) in [6.45, 7) is 0.593. The molecule has 142 valence electrons. The molecular formula is C19H27N3O3S. The van der Waals surface area contributed by atoms with Gasteiger partial charge in [-0.15, -0.1) is 0 Å². The Hall–Kier alpha value is -1.89. The molecule has 3 unspecified atom stereocenters. The van der Waals surface area contributed by atoms with E-state index < -0.39 is 0 Å². The predicted molar refractivity (Wildman–Crippen MR) is 103 cm³/mol. The van der Waals surface area contributed by atoms with Crippen molar-refractivity contribution < 1.29 is 14.3 Å². The second kappa shape index (κ2) is 8.66. The number of nitrogens with zero attached hydrogens (tertiary/aromatic N) is 1. The molecule has 2 N–H and O–H groups in total. The summed E-state index contributed by atoms with van der Waals surface area (Å²) in [5, 5.41) is 6.44. The summed E-state index contributed by atoms with van der Waals surface area (Å²) in [5.74, 6) is 1.96. The van der Waals surface area contributed by atoms with Crippen molar-refractivity contribution in [2.75, 3.05) is 19.9 Å². The van der Waals surface area contributed by atoms with E-state index in [1.807, 2.05) is 43.1 Å². The summed E-state index contributed by atoms with van der Waals surface area (Å²) in [5.41, 5.74) is 1.07. The Balaban J connectivity index is 1.36. The van der Waals surface area contributed by atoms with Gasteiger partial charge in [0.05, 0.1) is 19.2 Å². The zero-order chi connectivity index (χ0) is 18.5. The van der Waals surface area contributed by atoms with E-state index in [1.54, 1.807) is 12.0 Å². The van der Waals surface area contributed by atoms with Crippen molar-refractivity contribution in [3.05, 3.63) is 29.8 Å². The molecule has 3 amide bonds. The lowest BCUT2D eigenvalue weighted by Gasteiger charge is -2.19. The smallest absolute Gasteiger partial charge is 0.315 e. The molecule has 0 aliphatic carbocycles. The van der Waals surface area contributed by atoms with Gasteiger partial charge in [-0.05, 0) is 30.5 Å². The van der Waals surface area contributed by atoms with Gasteiger partial charge >= 0.3 is 6.03 Å². The van der Waals surface area contributed by atoms with Crippen molar-refractivity contribution in [2.24, 2.45) is 0 Å². The van der Waals surface area contributed by atoms with Crippen molar-refractivity contribution in [3.63, 3.8) is 0 Å². The fraction of sp³-hybridized carbons (Fsp3) is 0.579. The molecule has 0 spiro atoms. The minimum Gasteiger partial charge on any atom is -0.497 e. The van der Waals surface area contributed by atoms with Crippen molar-refractivity contribution in [1.82, 2.24) is 15.5 Å². The lowest BCUT2D eigenvalue weighted by molar-refractivity contribution is -0.130. The first-order valence-electron chi connectivity index (χ1n) is 9.12. The van der Waals surface area contributed by atoms with Crippen LogP contribution in [0.25, 0.3) is 0 Å². The van der Waals surface area contributed by atoms with Gasteiger partial charge in [-0.2, -0.15) is 11.8 Å². The van der Waals surface area contributed by atoms with Crippen LogP contribution in [0, 0.1) is 0 Å². The van der Waals surface area contributed by atoms with E-state index in [2.05, 4.69) is 10.6 Å². The molecule has 3 atom stereocenters. The van der Waals surface area contributed by atoms with Crippen LogP contribution in [0.15, 0.2) is 24.3 Å². The van der Waals surface area contributed by atoms with Crippen LogP contribution in [0.2, 0.25) is 0 Å². The van der Waals surface area contributed by atoms with Gasteiger partial charge in [-0.3, -0.25) is 4.79 Å². The molecular weight excluding hydrogens is 350 g/mol. The zero-order valence-corrected chi connectivity index (χ0v) is 16.2. The fourth-order valence-corrected chi connectivity index (χ4v) is 5.13. The quantitative estimate of drug-likeness (QED) is 0.539. The number of rotatable bonds is 8. The van der Waals surface area contributed by atoms with Gasteiger partial charge in [0, 0.05) is 31.0 Å². The van der Waals surface area contributed by atoms with Crippen LogP contribution in [-0.4, -0.2) is 54.1 Å². The molecule has 1 aromatic rings. The maximum atomic E-state index is 12.3. The molecule has 1 aromatic carbocycles. The number of urea groups is 1. The van der Waals surface area contributed by atoms with E-state index in [9.17, 15) is 9.59 Å². The third kappa shape index (κ3) is 4.63. The molecule has 2 saturated heterocycles. The number of hydrogen-bond donors (Lipinski definition) is 2. The summed E-state index contributed by atoms with van der Waals surface area (Å²) in [6, 6.07) is 8.28. The minimum absolute atomic E-state index is 0.0420. The Morgan fingerprint density at radius 2 is 2.19 bits per heavy atom. The highest BCUT2D eigenvalue weighted by Crippen LogP contribution is 2.33. The molecule has 2 aliphatic rings. The van der Waals surface area contributed by atoms with Crippen molar-refractivity contribution >= 4 is 23.7 Å². The zero-order valence-electron chi connectivity index (χ0n) is 15.4. The van der Waals surface area contributed by atoms with Gasteiger partial charge < -0.3 is 20.3 Å². The van der Waals surface area contributed by atoms with E-state index in [1.165, 1.54) is 0 Å². The van der Waals surface area contributed by atoms with Crippen LogP contribution in [0.5, 0.6) is 5.75 Å². The highest BCUT2D eigenvalue weighted by molar-refractivity contribution is 8.00. The highest BCUT2D eigenvalue weighted by atomic mass is 32.2. The first kappa shape index (κ1) is 18.9. The number of unbranched alkanes of at least 4 members (excludes halogenated alkanes) is 1. The van der Waals surface area contributed by atoms with Crippen LogP contribution in [-0.2, 0) is 11.3 Å². The molecule has 3 rings (SSSR count). The number of ether oxygens (including phenoxy) is 1. The molecule has 2 fully saturated rings. The van der Waals surface area contributed by atoms with Gasteiger partial charge in [0.2, 0.25) is 5.91 Å². The second-order valence-electron chi connectivity index (χ2n) is 6.97. The van der Waals surface area contributed by atoms with Crippen molar-refractivity contribution in [3.8, 4) is 5.75 Å². The summed E-state index contributed by atoms with van der Waals surface area (Å²) in [7, 11) is 3.49. The summed E-state index contributed by atoms with van der Waals surface area (Å²) in [6.07, 6.45) is 3.50. The van der Waals surface area contributed by atoms with Crippen LogP contribution in [0.4, 0.5) is 4.79 Å². The molecule has 0 bridgehead atoms. The molecule has 2 aliphatic heterocycles. The number of carbonyl (C=O) groups excluding carboxylic acids is 2. The maximum Gasteiger partial charge on any atom is 0.315 e. The number of fused-ring (bicyclic) bond motifs is 1. The highest BCUT2D eigenvalue weighted by Gasteiger charge is 2.42. The average molecular weight is 378 g/mol. The predicted octanol–water partition coefficient (Wildman–Crippen LogP) is 2.38.